The summed E-state index contributed by atoms with van der Waals surface area (Å²) >= 11 is 0. The lowest BCUT2D eigenvalue weighted by molar-refractivity contribution is -0.141. The summed E-state index contributed by atoms with van der Waals surface area (Å²) in [7, 11) is 1.42. The number of methoxy groups -OCH3 is 1. The van der Waals surface area contributed by atoms with E-state index in [-0.39, 0.29) is 25.1 Å². The molecule has 1 fully saturated rings. The number of piperidine rings is 1. The van der Waals surface area contributed by atoms with Crippen LogP contribution in [0.4, 0.5) is 13.2 Å². The highest BCUT2D eigenvalue weighted by Gasteiger charge is 2.44. The normalized spacial score (nSPS) is 25.1. The Morgan fingerprint density at radius 2 is 2.00 bits per heavy atom. The SMILES string of the molecule is [2H]C([2H])([2H])N(C[C@@H]1CN(C(=O)Cc2cc(F)c(F)cc2F)CC[C@@]1(O)c1cccc(OC)c1)C([2H])([2H])[2H]. The van der Waals surface area contributed by atoms with Gasteiger partial charge in [-0.2, -0.15) is 0 Å². The molecule has 5 nitrogen and oxygen atoms in total. The second kappa shape index (κ2) is 9.28. The molecule has 3 rings (SSSR count). The number of rotatable bonds is 6. The maximum absolute atomic E-state index is 14.1. The van der Waals surface area contributed by atoms with E-state index >= 15 is 0 Å². The van der Waals surface area contributed by atoms with Gasteiger partial charge in [-0.05, 0) is 44.1 Å². The zero-order valence-corrected chi connectivity index (χ0v) is 16.9. The Bertz CT molecular complexity index is 1130. The van der Waals surface area contributed by atoms with Gasteiger partial charge in [-0.3, -0.25) is 4.79 Å². The molecule has 168 valence electrons. The molecule has 0 bridgehead atoms. The summed E-state index contributed by atoms with van der Waals surface area (Å²) < 4.78 is 92.5. The highest BCUT2D eigenvalue weighted by Crippen LogP contribution is 2.39. The lowest BCUT2D eigenvalue weighted by Crippen LogP contribution is -2.54. The van der Waals surface area contributed by atoms with E-state index in [0.717, 1.165) is 0 Å². The van der Waals surface area contributed by atoms with Crippen molar-refractivity contribution < 1.29 is 36.0 Å². The summed E-state index contributed by atoms with van der Waals surface area (Å²) in [6.07, 6.45) is -0.720. The summed E-state index contributed by atoms with van der Waals surface area (Å²) in [5.41, 5.74) is -1.78. The van der Waals surface area contributed by atoms with Crippen LogP contribution in [-0.2, 0) is 16.8 Å². The molecular formula is C23H27F3N2O3. The minimum absolute atomic E-state index is 0.0458. The molecule has 2 atom stereocenters. The molecule has 1 N–H and O–H groups in total. The Morgan fingerprint density at radius 3 is 2.71 bits per heavy atom. The van der Waals surface area contributed by atoms with Crippen molar-refractivity contribution in [3.05, 3.63) is 65.0 Å². The molecule has 0 aliphatic carbocycles. The fourth-order valence-corrected chi connectivity index (χ4v) is 3.92. The molecule has 0 spiro atoms. The first-order valence-corrected chi connectivity index (χ1v) is 9.62. The van der Waals surface area contributed by atoms with Crippen LogP contribution in [0.5, 0.6) is 5.75 Å². The van der Waals surface area contributed by atoms with Gasteiger partial charge < -0.3 is 19.6 Å². The van der Waals surface area contributed by atoms with E-state index in [2.05, 4.69) is 0 Å². The highest BCUT2D eigenvalue weighted by atomic mass is 19.2. The molecule has 0 unspecified atom stereocenters. The molecule has 1 amide bonds. The van der Waals surface area contributed by atoms with Crippen LogP contribution in [0.3, 0.4) is 0 Å². The van der Waals surface area contributed by atoms with Crippen molar-refractivity contribution in [2.75, 3.05) is 40.7 Å². The van der Waals surface area contributed by atoms with Gasteiger partial charge in [0.2, 0.25) is 5.91 Å². The van der Waals surface area contributed by atoms with Crippen LogP contribution in [0.15, 0.2) is 36.4 Å². The van der Waals surface area contributed by atoms with Gasteiger partial charge in [0.1, 0.15) is 11.6 Å². The number of amides is 1. The van der Waals surface area contributed by atoms with Crippen molar-refractivity contribution >= 4 is 5.91 Å². The van der Waals surface area contributed by atoms with Crippen molar-refractivity contribution in [3.8, 4) is 5.75 Å². The quantitative estimate of drug-likeness (QED) is 0.699. The molecule has 8 heteroatoms. The molecule has 0 radical (unpaired) electrons. The monoisotopic (exact) mass is 442 g/mol. The minimum Gasteiger partial charge on any atom is -0.497 e. The smallest absolute Gasteiger partial charge is 0.227 e. The van der Waals surface area contributed by atoms with E-state index in [1.807, 2.05) is 0 Å². The number of nitrogens with zero attached hydrogens (tertiary/aromatic N) is 2. The second-order valence-electron chi connectivity index (χ2n) is 7.59. The van der Waals surface area contributed by atoms with Crippen molar-refractivity contribution in [1.29, 1.82) is 0 Å². The molecule has 2 aromatic rings. The predicted molar refractivity (Wildman–Crippen MR) is 110 cm³/mol. The third-order valence-corrected chi connectivity index (χ3v) is 5.64. The van der Waals surface area contributed by atoms with Crippen LogP contribution < -0.4 is 4.74 Å². The molecule has 1 heterocycles. The van der Waals surface area contributed by atoms with Crippen LogP contribution in [0.1, 0.15) is 25.8 Å². The van der Waals surface area contributed by atoms with Crippen molar-refractivity contribution in [1.82, 2.24) is 9.80 Å². The largest absolute Gasteiger partial charge is 0.497 e. The van der Waals surface area contributed by atoms with Gasteiger partial charge in [-0.15, -0.1) is 0 Å². The Kier molecular flexibility index (Phi) is 4.82. The number of ether oxygens (including phenoxy) is 1. The number of hydrogen-bond donors (Lipinski definition) is 1. The van der Waals surface area contributed by atoms with E-state index in [1.54, 1.807) is 18.2 Å². The van der Waals surface area contributed by atoms with Crippen molar-refractivity contribution in [2.45, 2.75) is 18.4 Å². The number of halogens is 3. The van der Waals surface area contributed by atoms with Crippen LogP contribution in [0.2, 0.25) is 0 Å². The summed E-state index contributed by atoms with van der Waals surface area (Å²) in [6.45, 7) is -7.04. The molecule has 2 aromatic carbocycles. The van der Waals surface area contributed by atoms with E-state index in [0.29, 0.717) is 28.3 Å². The first-order valence-electron chi connectivity index (χ1n) is 12.6. The second-order valence-corrected chi connectivity index (χ2v) is 7.59. The Balaban J connectivity index is 1.95. The highest BCUT2D eigenvalue weighted by molar-refractivity contribution is 5.79. The maximum atomic E-state index is 14.1. The van der Waals surface area contributed by atoms with Gasteiger partial charge in [-0.25, -0.2) is 13.2 Å². The van der Waals surface area contributed by atoms with Crippen LogP contribution in [0.25, 0.3) is 0 Å². The van der Waals surface area contributed by atoms with Crippen molar-refractivity contribution in [2.24, 2.45) is 5.92 Å². The third kappa shape index (κ3) is 5.02. The summed E-state index contributed by atoms with van der Waals surface area (Å²) in [5, 5.41) is 11.8. The van der Waals surface area contributed by atoms with E-state index < -0.39 is 61.8 Å². The molecule has 31 heavy (non-hydrogen) atoms. The van der Waals surface area contributed by atoms with Gasteiger partial charge in [0.05, 0.1) is 19.1 Å². The fourth-order valence-electron chi connectivity index (χ4n) is 3.92. The topological polar surface area (TPSA) is 53.0 Å². The van der Waals surface area contributed by atoms with Crippen LogP contribution in [-0.4, -0.2) is 61.5 Å². The number of carbonyl (C=O) groups is 1. The van der Waals surface area contributed by atoms with Gasteiger partial charge >= 0.3 is 0 Å². The average molecular weight is 443 g/mol. The minimum atomic E-state index is -3.04. The Morgan fingerprint density at radius 1 is 1.26 bits per heavy atom. The van der Waals surface area contributed by atoms with Crippen molar-refractivity contribution in [3.63, 3.8) is 0 Å². The Labute approximate surface area is 188 Å². The molecule has 1 aliphatic rings. The summed E-state index contributed by atoms with van der Waals surface area (Å²) in [4.78, 5) is 14.5. The number of carbonyl (C=O) groups excluding carboxylic acids is 1. The van der Waals surface area contributed by atoms with Gasteiger partial charge in [0.15, 0.2) is 11.6 Å². The number of benzene rings is 2. The average Bonchev–Trinajstić information content (AvgIpc) is 2.80. The van der Waals surface area contributed by atoms with Gasteiger partial charge in [0, 0.05) is 45.4 Å². The van der Waals surface area contributed by atoms with Crippen LogP contribution >= 0.6 is 0 Å². The number of likely N-dealkylation sites (tertiary alicyclic amines) is 1. The van der Waals surface area contributed by atoms with E-state index in [9.17, 15) is 23.1 Å². The standard InChI is InChI=1S/C23H27F3N2O3/c1-27(2)13-17-14-28(22(29)10-15-9-20(25)21(26)12-19(15)24)8-7-23(17,30)16-5-4-6-18(11-16)31-3/h4-6,9,11-12,17,30H,7-8,10,13-14H2,1-3H3/t17-,23-/m1/s1/i1D3,2D3. The molecule has 0 saturated carbocycles. The fraction of sp³-hybridized carbons (Fsp3) is 0.435. The van der Waals surface area contributed by atoms with Gasteiger partial charge in [-0.1, -0.05) is 12.1 Å². The lowest BCUT2D eigenvalue weighted by atomic mass is 9.75. The zero-order chi connectivity index (χ0) is 27.8. The molecule has 0 aromatic heterocycles. The first-order chi connectivity index (χ1) is 17.1. The van der Waals surface area contributed by atoms with Crippen LogP contribution in [0, 0.1) is 23.4 Å². The number of hydrogen-bond acceptors (Lipinski definition) is 4. The summed E-state index contributed by atoms with van der Waals surface area (Å²) in [6, 6.07) is 7.28. The maximum Gasteiger partial charge on any atom is 0.227 e. The summed E-state index contributed by atoms with van der Waals surface area (Å²) in [5.74, 6) is -5.21. The first kappa shape index (κ1) is 16.1. The molecule has 1 aliphatic heterocycles. The molecule has 1 saturated heterocycles. The number of aliphatic hydroxyl groups is 1. The van der Waals surface area contributed by atoms with Gasteiger partial charge in [0.25, 0.3) is 0 Å². The zero-order valence-electron chi connectivity index (χ0n) is 22.9. The van der Waals surface area contributed by atoms with E-state index in [4.69, 9.17) is 13.0 Å². The molecular weight excluding hydrogens is 409 g/mol. The van der Waals surface area contributed by atoms with E-state index in [1.165, 1.54) is 18.1 Å². The predicted octanol–water partition coefficient (Wildman–Crippen LogP) is 2.95. The Hall–Kier alpha value is -2.58. The lowest BCUT2D eigenvalue weighted by Gasteiger charge is -2.46. The third-order valence-electron chi connectivity index (χ3n) is 5.64.